The Kier molecular flexibility index (Phi) is 3.29. The van der Waals surface area contributed by atoms with Gasteiger partial charge in [0.1, 0.15) is 23.0 Å². The minimum Gasteiger partial charge on any atom is -0.494 e. The Bertz CT molecular complexity index is 380. The van der Waals surface area contributed by atoms with Gasteiger partial charge in [0, 0.05) is 13.0 Å². The molecule has 16 heavy (non-hydrogen) atoms. The van der Waals surface area contributed by atoms with Crippen LogP contribution in [0.4, 0.5) is 5.69 Å². The minimum absolute atomic E-state index is 0.772. The van der Waals surface area contributed by atoms with Crippen LogP contribution in [0.2, 0.25) is 0 Å². The highest BCUT2D eigenvalue weighted by atomic mass is 16.5. The van der Waals surface area contributed by atoms with Crippen LogP contribution in [-0.2, 0) is 0 Å². The molecule has 0 saturated heterocycles. The Morgan fingerprint density at radius 3 is 2.38 bits per heavy atom. The average Bonchev–Trinajstić information content (AvgIpc) is 2.82. The summed E-state index contributed by atoms with van der Waals surface area (Å²) >= 11 is 0. The Morgan fingerprint density at radius 1 is 1.19 bits per heavy atom. The predicted molar refractivity (Wildman–Crippen MR) is 64.7 cm³/mol. The van der Waals surface area contributed by atoms with Crippen molar-refractivity contribution < 1.29 is 9.47 Å². The molecule has 1 aromatic rings. The molecule has 0 bridgehead atoms. The molecular formula is C12H16N2O2. The van der Waals surface area contributed by atoms with Crippen molar-refractivity contribution in [3.63, 3.8) is 0 Å². The van der Waals surface area contributed by atoms with Crippen molar-refractivity contribution >= 4 is 11.5 Å². The topological polar surface area (TPSA) is 42.9 Å². The minimum atomic E-state index is 0.772. The second-order valence-corrected chi connectivity index (χ2v) is 3.59. The van der Waals surface area contributed by atoms with Crippen LogP contribution in [0.5, 0.6) is 11.5 Å². The quantitative estimate of drug-likeness (QED) is 0.850. The van der Waals surface area contributed by atoms with Crippen molar-refractivity contribution in [2.75, 3.05) is 26.1 Å². The van der Waals surface area contributed by atoms with E-state index in [1.807, 2.05) is 18.2 Å². The number of ether oxygens (including phenoxy) is 2. The molecule has 1 aromatic carbocycles. The highest BCUT2D eigenvalue weighted by molar-refractivity contribution is 5.99. The number of aliphatic imine (C=N–C) groups is 1. The van der Waals surface area contributed by atoms with Crippen LogP contribution in [0, 0.1) is 0 Å². The summed E-state index contributed by atoms with van der Waals surface area (Å²) in [5.74, 6) is 2.55. The lowest BCUT2D eigenvalue weighted by Crippen LogP contribution is -2.10. The fourth-order valence-electron chi connectivity index (χ4n) is 1.76. The zero-order chi connectivity index (χ0) is 11.4. The molecular weight excluding hydrogens is 204 g/mol. The van der Waals surface area contributed by atoms with E-state index in [4.69, 9.17) is 9.47 Å². The van der Waals surface area contributed by atoms with Crippen LogP contribution in [0.1, 0.15) is 12.8 Å². The fraction of sp³-hybridized carbons (Fsp3) is 0.417. The van der Waals surface area contributed by atoms with Crippen molar-refractivity contribution in [1.29, 1.82) is 0 Å². The molecule has 0 spiro atoms. The summed E-state index contributed by atoms with van der Waals surface area (Å²) in [4.78, 5) is 4.38. The monoisotopic (exact) mass is 220 g/mol. The van der Waals surface area contributed by atoms with Crippen molar-refractivity contribution in [3.8, 4) is 11.5 Å². The first-order chi connectivity index (χ1) is 7.85. The number of amidine groups is 1. The lowest BCUT2D eigenvalue weighted by Gasteiger charge is -2.14. The molecule has 2 rings (SSSR count). The first kappa shape index (κ1) is 10.8. The van der Waals surface area contributed by atoms with E-state index in [0.29, 0.717) is 0 Å². The van der Waals surface area contributed by atoms with Crippen molar-refractivity contribution in [2.45, 2.75) is 12.8 Å². The van der Waals surface area contributed by atoms with Gasteiger partial charge in [0.05, 0.1) is 14.2 Å². The molecule has 0 aliphatic carbocycles. The van der Waals surface area contributed by atoms with E-state index in [1.165, 1.54) is 0 Å². The molecule has 0 saturated carbocycles. The van der Waals surface area contributed by atoms with Crippen molar-refractivity contribution in [2.24, 2.45) is 4.99 Å². The molecule has 0 atom stereocenters. The van der Waals surface area contributed by atoms with Gasteiger partial charge in [-0.1, -0.05) is 6.07 Å². The Labute approximate surface area is 95.3 Å². The lowest BCUT2D eigenvalue weighted by molar-refractivity contribution is 0.398. The summed E-state index contributed by atoms with van der Waals surface area (Å²) in [5.41, 5.74) is 0.855. The summed E-state index contributed by atoms with van der Waals surface area (Å²) < 4.78 is 10.6. The Hall–Kier alpha value is -1.71. The van der Waals surface area contributed by atoms with Crippen molar-refractivity contribution in [3.05, 3.63) is 18.2 Å². The molecule has 0 amide bonds. The predicted octanol–water partition coefficient (Wildman–Crippen LogP) is 2.31. The van der Waals surface area contributed by atoms with E-state index >= 15 is 0 Å². The van der Waals surface area contributed by atoms with E-state index in [9.17, 15) is 0 Å². The molecule has 1 heterocycles. The molecule has 0 radical (unpaired) electrons. The maximum atomic E-state index is 5.30. The molecule has 0 aromatic heterocycles. The van der Waals surface area contributed by atoms with E-state index in [2.05, 4.69) is 10.3 Å². The van der Waals surface area contributed by atoms with Gasteiger partial charge in [-0.15, -0.1) is 0 Å². The number of benzene rings is 1. The van der Waals surface area contributed by atoms with Gasteiger partial charge in [-0.2, -0.15) is 0 Å². The zero-order valence-corrected chi connectivity index (χ0v) is 9.62. The summed E-state index contributed by atoms with van der Waals surface area (Å²) in [7, 11) is 3.30. The Morgan fingerprint density at radius 2 is 1.88 bits per heavy atom. The van der Waals surface area contributed by atoms with Crippen LogP contribution >= 0.6 is 0 Å². The standard InChI is InChI=1S/C12H16N2O2/c1-15-9-5-3-6-10(16-2)12(9)14-11-7-4-8-13-11/h3,5-6H,4,7-8H2,1-2H3,(H,13,14). The molecule has 1 N–H and O–H groups in total. The number of hydrogen-bond donors (Lipinski definition) is 1. The van der Waals surface area contributed by atoms with E-state index in [0.717, 1.165) is 42.4 Å². The summed E-state index contributed by atoms with van der Waals surface area (Å²) in [6.07, 6.45) is 2.10. The lowest BCUT2D eigenvalue weighted by atomic mass is 10.2. The van der Waals surface area contributed by atoms with Gasteiger partial charge in [0.15, 0.2) is 0 Å². The molecule has 1 aliphatic heterocycles. The molecule has 1 aliphatic rings. The highest BCUT2D eigenvalue weighted by Crippen LogP contribution is 2.34. The normalized spacial score (nSPS) is 14.5. The summed E-state index contributed by atoms with van der Waals surface area (Å²) in [6.45, 7) is 0.903. The molecule has 86 valence electrons. The largest absolute Gasteiger partial charge is 0.494 e. The summed E-state index contributed by atoms with van der Waals surface area (Å²) in [6, 6.07) is 5.71. The van der Waals surface area contributed by atoms with Gasteiger partial charge < -0.3 is 14.8 Å². The molecule has 0 unspecified atom stereocenters. The molecule has 4 nitrogen and oxygen atoms in total. The zero-order valence-electron chi connectivity index (χ0n) is 9.62. The number of nitrogens with one attached hydrogen (secondary N) is 1. The van der Waals surface area contributed by atoms with Gasteiger partial charge in [-0.25, -0.2) is 0 Å². The fourth-order valence-corrected chi connectivity index (χ4v) is 1.76. The summed E-state index contributed by atoms with van der Waals surface area (Å²) in [5, 5.41) is 3.28. The van der Waals surface area contributed by atoms with Gasteiger partial charge in [-0.05, 0) is 18.6 Å². The third-order valence-corrected chi connectivity index (χ3v) is 2.57. The van der Waals surface area contributed by atoms with Gasteiger partial charge in [0.2, 0.25) is 0 Å². The number of hydrogen-bond acceptors (Lipinski definition) is 4. The second kappa shape index (κ2) is 4.88. The maximum absolute atomic E-state index is 5.30. The van der Waals surface area contributed by atoms with Crippen LogP contribution in [-0.4, -0.2) is 26.6 Å². The number of methoxy groups -OCH3 is 2. The van der Waals surface area contributed by atoms with Gasteiger partial charge in [0.25, 0.3) is 0 Å². The third-order valence-electron chi connectivity index (χ3n) is 2.57. The maximum Gasteiger partial charge on any atom is 0.146 e. The average molecular weight is 220 g/mol. The van der Waals surface area contributed by atoms with E-state index in [1.54, 1.807) is 14.2 Å². The van der Waals surface area contributed by atoms with Crippen LogP contribution in [0.15, 0.2) is 23.2 Å². The SMILES string of the molecule is COc1cccc(OC)c1NC1=NCCC1. The van der Waals surface area contributed by atoms with Crippen LogP contribution in [0.25, 0.3) is 0 Å². The molecule has 4 heteroatoms. The van der Waals surface area contributed by atoms with Crippen LogP contribution in [0.3, 0.4) is 0 Å². The first-order valence-electron chi connectivity index (χ1n) is 5.36. The first-order valence-corrected chi connectivity index (χ1v) is 5.36. The number of para-hydroxylation sites is 1. The Balaban J connectivity index is 2.28. The second-order valence-electron chi connectivity index (χ2n) is 3.59. The van der Waals surface area contributed by atoms with Gasteiger partial charge >= 0.3 is 0 Å². The number of nitrogens with zero attached hydrogens (tertiary/aromatic N) is 1. The van der Waals surface area contributed by atoms with E-state index in [-0.39, 0.29) is 0 Å². The highest BCUT2D eigenvalue weighted by Gasteiger charge is 2.13. The number of anilines is 1. The van der Waals surface area contributed by atoms with E-state index < -0.39 is 0 Å². The smallest absolute Gasteiger partial charge is 0.146 e. The number of rotatable bonds is 3. The third kappa shape index (κ3) is 2.10. The molecule has 0 fully saturated rings. The van der Waals surface area contributed by atoms with Crippen LogP contribution < -0.4 is 14.8 Å². The van der Waals surface area contributed by atoms with Crippen molar-refractivity contribution in [1.82, 2.24) is 0 Å². The van der Waals surface area contributed by atoms with Gasteiger partial charge in [-0.3, -0.25) is 4.99 Å².